The molecule has 1 aliphatic rings. The largest absolute Gasteiger partial charge is 0.270 e. The van der Waals surface area contributed by atoms with E-state index in [9.17, 15) is 34.2 Å². The summed E-state index contributed by atoms with van der Waals surface area (Å²) in [5, 5.41) is 21.9. The quantitative estimate of drug-likeness (QED) is 0.458. The molecule has 10 heteroatoms. The van der Waals surface area contributed by atoms with Gasteiger partial charge in [0.15, 0.2) is 0 Å². The first-order valence-electron chi connectivity index (χ1n) is 7.33. The Morgan fingerprint density at radius 3 is 2.15 bits per heavy atom. The highest BCUT2D eigenvalue weighted by atomic mass is 19.1. The Kier molecular flexibility index (Phi) is 4.16. The number of rotatable bonds is 5. The van der Waals surface area contributed by atoms with Crippen molar-refractivity contribution in [2.45, 2.75) is 6.04 Å². The highest BCUT2D eigenvalue weighted by Crippen LogP contribution is 2.33. The number of amides is 2. The van der Waals surface area contributed by atoms with E-state index >= 15 is 0 Å². The molecule has 2 amide bonds. The number of hydrogen-bond donors (Lipinski definition) is 0. The van der Waals surface area contributed by atoms with E-state index in [0.29, 0.717) is 4.90 Å². The molecule has 0 spiro atoms. The third kappa shape index (κ3) is 2.88. The van der Waals surface area contributed by atoms with Crippen LogP contribution in [-0.4, -0.2) is 33.1 Å². The van der Waals surface area contributed by atoms with Crippen molar-refractivity contribution in [3.63, 3.8) is 0 Å². The van der Waals surface area contributed by atoms with Gasteiger partial charge in [0.1, 0.15) is 11.9 Å². The number of benzene rings is 2. The maximum Gasteiger partial charge on any atom is 0.270 e. The fourth-order valence-electron chi connectivity index (χ4n) is 2.81. The maximum atomic E-state index is 13.1. The van der Waals surface area contributed by atoms with Crippen LogP contribution in [0.3, 0.4) is 0 Å². The number of non-ortho nitro benzene ring substituents is 1. The molecule has 1 heterocycles. The number of imide groups is 1. The number of carbonyl (C=O) groups excluding carboxylic acids is 2. The number of fused-ring (bicyclic) bond motifs is 1. The molecular formula is C16H10FN3O6. The molecule has 0 radical (unpaired) electrons. The molecule has 1 atom stereocenters. The van der Waals surface area contributed by atoms with Crippen LogP contribution in [0.2, 0.25) is 0 Å². The number of nitrogens with zero attached hydrogens (tertiary/aromatic N) is 3. The van der Waals surface area contributed by atoms with E-state index in [1.807, 2.05) is 0 Å². The fourth-order valence-corrected chi connectivity index (χ4v) is 2.81. The van der Waals surface area contributed by atoms with Crippen molar-refractivity contribution in [3.8, 4) is 0 Å². The van der Waals surface area contributed by atoms with Gasteiger partial charge in [0.05, 0.1) is 16.1 Å². The lowest BCUT2D eigenvalue weighted by Crippen LogP contribution is -2.37. The van der Waals surface area contributed by atoms with Crippen molar-refractivity contribution >= 4 is 17.5 Å². The van der Waals surface area contributed by atoms with Crippen molar-refractivity contribution in [1.29, 1.82) is 0 Å². The SMILES string of the molecule is O=C1c2ccc([N+](=O)[O-])cc2C(=O)N1C(C[N+](=O)[O-])c1ccc(F)cc1. The summed E-state index contributed by atoms with van der Waals surface area (Å²) in [5.41, 5.74) is -0.442. The highest BCUT2D eigenvalue weighted by molar-refractivity contribution is 6.21. The summed E-state index contributed by atoms with van der Waals surface area (Å²) in [4.78, 5) is 46.4. The zero-order valence-electron chi connectivity index (χ0n) is 13.0. The second kappa shape index (κ2) is 6.31. The molecule has 1 unspecified atom stereocenters. The van der Waals surface area contributed by atoms with Gasteiger partial charge >= 0.3 is 0 Å². The van der Waals surface area contributed by atoms with E-state index in [1.54, 1.807) is 0 Å². The Bertz CT molecular complexity index is 944. The molecule has 0 N–H and O–H groups in total. The van der Waals surface area contributed by atoms with E-state index in [-0.39, 0.29) is 22.4 Å². The third-order valence-corrected chi connectivity index (χ3v) is 4.00. The third-order valence-electron chi connectivity index (χ3n) is 4.00. The van der Waals surface area contributed by atoms with Crippen LogP contribution in [-0.2, 0) is 0 Å². The second-order valence-corrected chi connectivity index (χ2v) is 5.55. The highest BCUT2D eigenvalue weighted by Gasteiger charge is 2.43. The molecule has 132 valence electrons. The van der Waals surface area contributed by atoms with Crippen LogP contribution in [0, 0.1) is 26.0 Å². The van der Waals surface area contributed by atoms with Crippen molar-refractivity contribution in [2.75, 3.05) is 6.54 Å². The monoisotopic (exact) mass is 359 g/mol. The molecule has 2 aromatic carbocycles. The molecule has 0 aliphatic carbocycles. The summed E-state index contributed by atoms with van der Waals surface area (Å²) in [6.45, 7) is -0.779. The summed E-state index contributed by atoms with van der Waals surface area (Å²) in [6, 6.07) is 6.53. The predicted molar refractivity (Wildman–Crippen MR) is 84.6 cm³/mol. The molecule has 9 nitrogen and oxygen atoms in total. The van der Waals surface area contributed by atoms with Gasteiger partial charge in [0.25, 0.3) is 17.5 Å². The number of carbonyl (C=O) groups is 2. The summed E-state index contributed by atoms with van der Waals surface area (Å²) < 4.78 is 13.1. The summed E-state index contributed by atoms with van der Waals surface area (Å²) in [7, 11) is 0. The van der Waals surface area contributed by atoms with Gasteiger partial charge in [-0.2, -0.15) is 0 Å². The Labute approximate surface area is 144 Å². The molecule has 26 heavy (non-hydrogen) atoms. The van der Waals surface area contributed by atoms with Crippen LogP contribution < -0.4 is 0 Å². The van der Waals surface area contributed by atoms with Crippen LogP contribution >= 0.6 is 0 Å². The van der Waals surface area contributed by atoms with Crippen LogP contribution in [0.5, 0.6) is 0 Å². The van der Waals surface area contributed by atoms with Gasteiger partial charge in [-0.15, -0.1) is 0 Å². The lowest BCUT2D eigenvalue weighted by Gasteiger charge is -2.23. The maximum absolute atomic E-state index is 13.1. The number of nitro groups is 2. The van der Waals surface area contributed by atoms with E-state index in [2.05, 4.69) is 0 Å². The zero-order chi connectivity index (χ0) is 19.0. The van der Waals surface area contributed by atoms with E-state index in [4.69, 9.17) is 0 Å². The van der Waals surface area contributed by atoms with E-state index < -0.39 is 40.1 Å². The van der Waals surface area contributed by atoms with Gasteiger partial charge in [-0.1, -0.05) is 12.1 Å². The summed E-state index contributed by atoms with van der Waals surface area (Å²) in [5.74, 6) is -2.24. The Morgan fingerprint density at radius 1 is 0.962 bits per heavy atom. The summed E-state index contributed by atoms with van der Waals surface area (Å²) in [6.07, 6.45) is 0. The first-order valence-corrected chi connectivity index (χ1v) is 7.33. The average molecular weight is 359 g/mol. The van der Waals surface area contributed by atoms with Crippen molar-refractivity contribution in [2.24, 2.45) is 0 Å². The van der Waals surface area contributed by atoms with Gasteiger partial charge in [0, 0.05) is 17.1 Å². The lowest BCUT2D eigenvalue weighted by atomic mass is 10.1. The predicted octanol–water partition coefficient (Wildman–Crippen LogP) is 2.35. The molecule has 3 rings (SSSR count). The van der Waals surface area contributed by atoms with Crippen LogP contribution in [0.4, 0.5) is 10.1 Å². The Morgan fingerprint density at radius 2 is 1.58 bits per heavy atom. The molecule has 2 aromatic rings. The molecule has 0 aromatic heterocycles. The van der Waals surface area contributed by atoms with Crippen LogP contribution in [0.15, 0.2) is 42.5 Å². The minimum absolute atomic E-state index is 0.0731. The minimum Gasteiger partial charge on any atom is -0.269 e. The van der Waals surface area contributed by atoms with Gasteiger partial charge in [-0.25, -0.2) is 4.39 Å². The van der Waals surface area contributed by atoms with Crippen molar-refractivity contribution in [3.05, 3.63) is 85.2 Å². The first kappa shape index (κ1) is 17.1. The van der Waals surface area contributed by atoms with Gasteiger partial charge in [-0.05, 0) is 23.8 Å². The van der Waals surface area contributed by atoms with Crippen molar-refractivity contribution in [1.82, 2.24) is 4.90 Å². The topological polar surface area (TPSA) is 124 Å². The standard InChI is InChI=1S/C16H10FN3O6/c17-10-3-1-9(2-4-10)14(8-18(23)24)19-15(21)12-6-5-11(20(25)26)7-13(12)16(19)22/h1-7,14H,8H2. The average Bonchev–Trinajstić information content (AvgIpc) is 2.84. The van der Waals surface area contributed by atoms with Crippen LogP contribution in [0.1, 0.15) is 32.3 Å². The minimum atomic E-state index is -1.27. The number of halogens is 1. The number of nitro benzene ring substituents is 1. The molecule has 0 bridgehead atoms. The van der Waals surface area contributed by atoms with E-state index in [1.165, 1.54) is 12.1 Å². The molecule has 1 aliphatic heterocycles. The lowest BCUT2D eigenvalue weighted by molar-refractivity contribution is -0.486. The smallest absolute Gasteiger partial charge is 0.269 e. The van der Waals surface area contributed by atoms with E-state index in [0.717, 1.165) is 30.3 Å². The van der Waals surface area contributed by atoms with Crippen LogP contribution in [0.25, 0.3) is 0 Å². The molecule has 0 saturated heterocycles. The van der Waals surface area contributed by atoms with Gasteiger partial charge in [0.2, 0.25) is 6.54 Å². The Hall–Kier alpha value is -3.69. The Balaban J connectivity index is 2.06. The fraction of sp³-hybridized carbons (Fsp3) is 0.125. The normalized spacial score (nSPS) is 14.3. The first-order chi connectivity index (χ1) is 12.3. The zero-order valence-corrected chi connectivity index (χ0v) is 13.0. The molecule has 0 saturated carbocycles. The second-order valence-electron chi connectivity index (χ2n) is 5.55. The number of hydrogen-bond acceptors (Lipinski definition) is 6. The van der Waals surface area contributed by atoms with Gasteiger partial charge < -0.3 is 0 Å². The van der Waals surface area contributed by atoms with Crippen molar-refractivity contribution < 1.29 is 23.8 Å². The van der Waals surface area contributed by atoms with Gasteiger partial charge in [-0.3, -0.25) is 34.7 Å². The summed E-state index contributed by atoms with van der Waals surface area (Å²) >= 11 is 0. The molecule has 0 fully saturated rings. The molecular weight excluding hydrogens is 349 g/mol.